The van der Waals surface area contributed by atoms with Gasteiger partial charge < -0.3 is 24.9 Å². The number of carbonyl (C=O) groups is 1. The number of hydrazine groups is 1. The highest BCUT2D eigenvalue weighted by Crippen LogP contribution is 2.34. The minimum Gasteiger partial charge on any atom is -0.496 e. The number of hydrogen-bond acceptors (Lipinski definition) is 8. The number of ether oxygens (including phenoxy) is 2. The van der Waals surface area contributed by atoms with Crippen LogP contribution in [0.3, 0.4) is 0 Å². The van der Waals surface area contributed by atoms with Gasteiger partial charge in [-0.15, -0.1) is 0 Å². The van der Waals surface area contributed by atoms with Crippen molar-refractivity contribution in [1.29, 1.82) is 0 Å². The summed E-state index contributed by atoms with van der Waals surface area (Å²) in [6.07, 6.45) is 7.80. The van der Waals surface area contributed by atoms with Crippen LogP contribution in [0.2, 0.25) is 0 Å². The SMILES string of the molecule is COc1ccc(C)cc1C1NN(CC2(O)CCOCC2)C=C1NC(=O)c1cnn2cccnc12. The minimum atomic E-state index is -0.880. The molecule has 5 rings (SSSR count). The number of rotatable bonds is 6. The van der Waals surface area contributed by atoms with E-state index in [1.807, 2.05) is 36.3 Å². The molecule has 1 amide bonds. The van der Waals surface area contributed by atoms with Crippen LogP contribution in [0, 0.1) is 6.92 Å². The van der Waals surface area contributed by atoms with Crippen LogP contribution in [0.1, 0.15) is 40.4 Å². The maximum Gasteiger partial charge on any atom is 0.261 e. The van der Waals surface area contributed by atoms with E-state index in [4.69, 9.17) is 9.47 Å². The Hall–Kier alpha value is -3.47. The summed E-state index contributed by atoms with van der Waals surface area (Å²) in [4.78, 5) is 17.5. The van der Waals surface area contributed by atoms with Gasteiger partial charge in [0.2, 0.25) is 0 Å². The lowest BCUT2D eigenvalue weighted by Crippen LogP contribution is -2.48. The molecular formula is C24H28N6O4. The van der Waals surface area contributed by atoms with Gasteiger partial charge in [0.1, 0.15) is 11.3 Å². The van der Waals surface area contributed by atoms with Gasteiger partial charge in [0.25, 0.3) is 5.91 Å². The summed E-state index contributed by atoms with van der Waals surface area (Å²) in [6, 6.07) is 7.30. The highest BCUT2D eigenvalue weighted by molar-refractivity contribution is 6.00. The molecule has 0 saturated carbocycles. The summed E-state index contributed by atoms with van der Waals surface area (Å²) in [5, 5.41) is 20.1. The molecule has 1 aromatic carbocycles. The average molecular weight is 465 g/mol. The highest BCUT2D eigenvalue weighted by atomic mass is 16.5. The van der Waals surface area contributed by atoms with E-state index in [0.29, 0.717) is 55.3 Å². The standard InChI is InChI=1S/C24H28N6O4/c1-16-4-5-20(33-2)17(12-16)21-19(14-29(28-21)15-24(32)6-10-34-11-7-24)27-23(31)18-13-26-30-9-3-8-25-22(18)30/h3-5,8-9,12-14,21,28,32H,6-7,10-11,15H2,1-2H3,(H,27,31). The summed E-state index contributed by atoms with van der Waals surface area (Å²) in [7, 11) is 1.62. The first-order valence-corrected chi connectivity index (χ1v) is 11.2. The number of fused-ring (bicyclic) bond motifs is 1. The third-order valence-electron chi connectivity index (χ3n) is 6.27. The molecule has 2 aliphatic heterocycles. The third-order valence-corrected chi connectivity index (χ3v) is 6.27. The van der Waals surface area contributed by atoms with E-state index in [0.717, 1.165) is 11.1 Å². The van der Waals surface area contributed by atoms with Gasteiger partial charge in [0.05, 0.1) is 37.2 Å². The first-order valence-electron chi connectivity index (χ1n) is 11.2. The third kappa shape index (κ3) is 4.35. The highest BCUT2D eigenvalue weighted by Gasteiger charge is 2.36. The minimum absolute atomic E-state index is 0.315. The number of hydrogen-bond donors (Lipinski definition) is 3. The monoisotopic (exact) mass is 464 g/mol. The molecule has 1 atom stereocenters. The lowest BCUT2D eigenvalue weighted by atomic mass is 9.94. The quantitative estimate of drug-likeness (QED) is 0.506. The Bertz CT molecular complexity index is 1230. The second-order valence-corrected chi connectivity index (χ2v) is 8.76. The number of nitrogens with zero attached hydrogens (tertiary/aromatic N) is 4. The molecule has 0 aliphatic carbocycles. The Morgan fingerprint density at radius 1 is 1.38 bits per heavy atom. The molecule has 3 aromatic rings. The number of aliphatic hydroxyl groups is 1. The van der Waals surface area contributed by atoms with Crippen LogP contribution < -0.4 is 15.5 Å². The number of aromatic nitrogens is 3. The fraction of sp³-hybridized carbons (Fsp3) is 0.375. The van der Waals surface area contributed by atoms with E-state index >= 15 is 0 Å². The van der Waals surface area contributed by atoms with E-state index in [1.54, 1.807) is 30.1 Å². The van der Waals surface area contributed by atoms with E-state index in [9.17, 15) is 9.90 Å². The number of amides is 1. The van der Waals surface area contributed by atoms with Crippen LogP contribution in [0.4, 0.5) is 0 Å². The molecule has 3 N–H and O–H groups in total. The topological polar surface area (TPSA) is 113 Å². The fourth-order valence-corrected chi connectivity index (χ4v) is 4.44. The number of nitrogens with one attached hydrogen (secondary N) is 2. The lowest BCUT2D eigenvalue weighted by Gasteiger charge is -2.35. The molecule has 10 heteroatoms. The predicted molar refractivity (Wildman–Crippen MR) is 124 cm³/mol. The summed E-state index contributed by atoms with van der Waals surface area (Å²) in [6.45, 7) is 3.41. The van der Waals surface area contributed by atoms with Crippen molar-refractivity contribution in [3.05, 3.63) is 71.4 Å². The van der Waals surface area contributed by atoms with Crippen molar-refractivity contribution < 1.29 is 19.4 Å². The van der Waals surface area contributed by atoms with Crippen molar-refractivity contribution in [2.75, 3.05) is 26.9 Å². The number of benzene rings is 1. The summed E-state index contributed by atoms with van der Waals surface area (Å²) < 4.78 is 12.6. The zero-order chi connectivity index (χ0) is 23.7. The molecule has 1 saturated heterocycles. The zero-order valence-electron chi connectivity index (χ0n) is 19.2. The number of carbonyl (C=O) groups excluding carboxylic acids is 1. The van der Waals surface area contributed by atoms with Gasteiger partial charge in [-0.05, 0) is 19.1 Å². The van der Waals surface area contributed by atoms with Gasteiger partial charge in [-0.25, -0.2) is 14.9 Å². The number of aryl methyl sites for hydroxylation is 1. The Morgan fingerprint density at radius 3 is 3.00 bits per heavy atom. The van der Waals surface area contributed by atoms with Gasteiger partial charge in [0, 0.05) is 50.2 Å². The lowest BCUT2D eigenvalue weighted by molar-refractivity contribution is -0.0790. The normalized spacial score (nSPS) is 19.8. The maximum absolute atomic E-state index is 13.2. The van der Waals surface area contributed by atoms with Gasteiger partial charge in [0.15, 0.2) is 5.65 Å². The molecule has 10 nitrogen and oxygen atoms in total. The van der Waals surface area contributed by atoms with E-state index < -0.39 is 5.60 Å². The van der Waals surface area contributed by atoms with E-state index in [1.165, 1.54) is 6.20 Å². The van der Waals surface area contributed by atoms with Gasteiger partial charge in [-0.3, -0.25) is 4.79 Å². The largest absolute Gasteiger partial charge is 0.496 e. The van der Waals surface area contributed by atoms with Crippen molar-refractivity contribution in [3.8, 4) is 5.75 Å². The predicted octanol–water partition coefficient (Wildman–Crippen LogP) is 1.72. The summed E-state index contributed by atoms with van der Waals surface area (Å²) >= 11 is 0. The average Bonchev–Trinajstić information content (AvgIpc) is 3.43. The molecule has 1 fully saturated rings. The van der Waals surface area contributed by atoms with Crippen LogP contribution >= 0.6 is 0 Å². The van der Waals surface area contributed by atoms with Crippen molar-refractivity contribution in [2.24, 2.45) is 0 Å². The Morgan fingerprint density at radius 2 is 2.21 bits per heavy atom. The molecule has 0 bridgehead atoms. The first-order chi connectivity index (χ1) is 16.5. The van der Waals surface area contributed by atoms with Crippen LogP contribution in [-0.4, -0.2) is 63.1 Å². The number of methoxy groups -OCH3 is 1. The van der Waals surface area contributed by atoms with Crippen molar-refractivity contribution in [1.82, 2.24) is 30.3 Å². The van der Waals surface area contributed by atoms with Crippen molar-refractivity contribution in [3.63, 3.8) is 0 Å². The van der Waals surface area contributed by atoms with Crippen LogP contribution in [0.5, 0.6) is 5.75 Å². The smallest absolute Gasteiger partial charge is 0.261 e. The molecule has 34 heavy (non-hydrogen) atoms. The molecule has 0 spiro atoms. The fourth-order valence-electron chi connectivity index (χ4n) is 4.44. The molecular weight excluding hydrogens is 436 g/mol. The molecule has 2 aliphatic rings. The van der Waals surface area contributed by atoms with Crippen molar-refractivity contribution in [2.45, 2.75) is 31.4 Å². The maximum atomic E-state index is 13.2. The van der Waals surface area contributed by atoms with Crippen LogP contribution in [0.15, 0.2) is 54.8 Å². The molecule has 4 heterocycles. The van der Waals surface area contributed by atoms with Gasteiger partial charge in [-0.1, -0.05) is 17.7 Å². The first kappa shape index (κ1) is 22.3. The summed E-state index contributed by atoms with van der Waals surface area (Å²) in [5.74, 6) is 0.387. The summed E-state index contributed by atoms with van der Waals surface area (Å²) in [5.41, 5.74) is 5.99. The molecule has 2 aromatic heterocycles. The van der Waals surface area contributed by atoms with Crippen LogP contribution in [-0.2, 0) is 4.74 Å². The Labute approximate surface area is 197 Å². The Kier molecular flexibility index (Phi) is 5.94. The van der Waals surface area contributed by atoms with E-state index in [-0.39, 0.29) is 11.9 Å². The molecule has 1 unspecified atom stereocenters. The Balaban J connectivity index is 1.46. The second-order valence-electron chi connectivity index (χ2n) is 8.76. The van der Waals surface area contributed by atoms with E-state index in [2.05, 4.69) is 20.8 Å². The zero-order valence-corrected chi connectivity index (χ0v) is 19.2. The van der Waals surface area contributed by atoms with Gasteiger partial charge in [-0.2, -0.15) is 5.10 Å². The number of β-amino-alcohol motifs (C(OH)–C–C–N with tert-alkyl or cyclic N) is 1. The molecule has 0 radical (unpaired) electrons. The second kappa shape index (κ2) is 9.05. The van der Waals surface area contributed by atoms with Gasteiger partial charge >= 0.3 is 0 Å². The van der Waals surface area contributed by atoms with Crippen molar-refractivity contribution >= 4 is 11.6 Å². The molecule has 178 valence electrons. The van der Waals surface area contributed by atoms with Crippen LogP contribution in [0.25, 0.3) is 5.65 Å².